The van der Waals surface area contributed by atoms with Gasteiger partial charge in [-0.05, 0) is 81.1 Å². The van der Waals surface area contributed by atoms with Crippen molar-refractivity contribution in [1.29, 1.82) is 0 Å². The highest BCUT2D eigenvalue weighted by Crippen LogP contribution is 2.16. The van der Waals surface area contributed by atoms with Crippen LogP contribution in [0.4, 0.5) is 0 Å². The van der Waals surface area contributed by atoms with E-state index in [2.05, 4.69) is 33.8 Å². The topological polar surface area (TPSA) is 37.3 Å². The number of amides is 1. The number of likely N-dealkylation sites (tertiary alicyclic amines) is 1. The van der Waals surface area contributed by atoms with E-state index in [0.717, 1.165) is 30.1 Å². The monoisotopic (exact) mass is 353 g/mol. The number of carbonyl (C=O) groups is 1. The van der Waals surface area contributed by atoms with Crippen molar-refractivity contribution in [2.45, 2.75) is 39.0 Å². The summed E-state index contributed by atoms with van der Waals surface area (Å²) in [6, 6.07) is 12.2. The van der Waals surface area contributed by atoms with Crippen molar-refractivity contribution in [2.75, 3.05) is 26.2 Å². The molecule has 0 saturated carbocycles. The van der Waals surface area contributed by atoms with Crippen molar-refractivity contribution in [3.05, 3.63) is 54.4 Å². The van der Waals surface area contributed by atoms with Gasteiger partial charge in [0.25, 0.3) is 0 Å². The van der Waals surface area contributed by atoms with E-state index in [4.69, 9.17) is 0 Å². The standard InChI is InChI=1S/C22H31N3O/c1-19-10-16-24(17-11-19)13-3-2-12-23-22(26)18-20-6-8-21(9-7-20)25-14-4-5-15-25/h4-9,14-15,19H,2-3,10-13,16-18H2,1H3,(H,23,26). The van der Waals surface area contributed by atoms with Crippen molar-refractivity contribution in [2.24, 2.45) is 5.92 Å². The van der Waals surface area contributed by atoms with Gasteiger partial charge in [0.2, 0.25) is 5.91 Å². The van der Waals surface area contributed by atoms with Crippen LogP contribution >= 0.6 is 0 Å². The zero-order valence-electron chi connectivity index (χ0n) is 15.9. The fourth-order valence-corrected chi connectivity index (χ4v) is 3.51. The average Bonchev–Trinajstić information content (AvgIpc) is 3.18. The summed E-state index contributed by atoms with van der Waals surface area (Å²) in [5.41, 5.74) is 2.17. The number of unbranched alkanes of at least 4 members (excludes halogenated alkanes) is 1. The molecule has 4 nitrogen and oxygen atoms in total. The lowest BCUT2D eigenvalue weighted by molar-refractivity contribution is -0.120. The molecule has 1 aromatic heterocycles. The van der Waals surface area contributed by atoms with Gasteiger partial charge in [-0.2, -0.15) is 0 Å². The van der Waals surface area contributed by atoms with Crippen LogP contribution in [-0.4, -0.2) is 41.6 Å². The molecule has 1 N–H and O–H groups in total. The number of nitrogens with one attached hydrogen (secondary N) is 1. The van der Waals surface area contributed by atoms with Crippen molar-refractivity contribution >= 4 is 5.91 Å². The number of piperidine rings is 1. The maximum atomic E-state index is 12.1. The normalized spacial score (nSPS) is 15.9. The highest BCUT2D eigenvalue weighted by Gasteiger charge is 2.14. The molecular formula is C22H31N3O. The molecule has 140 valence electrons. The predicted octanol–water partition coefficient (Wildman–Crippen LogP) is 3.65. The molecule has 26 heavy (non-hydrogen) atoms. The number of hydrogen-bond donors (Lipinski definition) is 1. The maximum absolute atomic E-state index is 12.1. The molecule has 0 aliphatic carbocycles. The second kappa shape index (κ2) is 9.58. The molecule has 0 unspecified atom stereocenters. The molecule has 0 spiro atoms. The van der Waals surface area contributed by atoms with Gasteiger partial charge in [-0.3, -0.25) is 4.79 Å². The van der Waals surface area contributed by atoms with Crippen LogP contribution in [0.5, 0.6) is 0 Å². The van der Waals surface area contributed by atoms with Gasteiger partial charge >= 0.3 is 0 Å². The Balaban J connectivity index is 1.30. The molecule has 4 heteroatoms. The number of benzene rings is 1. The smallest absolute Gasteiger partial charge is 0.224 e. The first-order valence-electron chi connectivity index (χ1n) is 9.92. The number of rotatable bonds is 8. The fraction of sp³-hybridized carbons (Fsp3) is 0.500. The van der Waals surface area contributed by atoms with Crippen molar-refractivity contribution in [3.8, 4) is 5.69 Å². The van der Waals surface area contributed by atoms with Gasteiger partial charge in [-0.15, -0.1) is 0 Å². The Morgan fingerprint density at radius 2 is 1.77 bits per heavy atom. The summed E-state index contributed by atoms with van der Waals surface area (Å²) in [5, 5.41) is 3.06. The Labute approximate surface area is 157 Å². The molecule has 3 rings (SSSR count). The summed E-state index contributed by atoms with van der Waals surface area (Å²) in [5.74, 6) is 1.01. The van der Waals surface area contributed by atoms with Crippen LogP contribution in [0.2, 0.25) is 0 Å². The molecule has 1 saturated heterocycles. The first-order valence-corrected chi connectivity index (χ1v) is 9.92. The predicted molar refractivity (Wildman–Crippen MR) is 107 cm³/mol. The van der Waals surface area contributed by atoms with Crippen LogP contribution in [0.1, 0.15) is 38.2 Å². The lowest BCUT2D eigenvalue weighted by Gasteiger charge is -2.30. The van der Waals surface area contributed by atoms with Gasteiger partial charge in [0.1, 0.15) is 0 Å². The third-order valence-electron chi connectivity index (χ3n) is 5.30. The Morgan fingerprint density at radius 1 is 1.08 bits per heavy atom. The minimum atomic E-state index is 0.116. The summed E-state index contributed by atoms with van der Waals surface area (Å²) < 4.78 is 2.06. The Kier molecular flexibility index (Phi) is 6.89. The van der Waals surface area contributed by atoms with E-state index in [0.29, 0.717) is 6.42 Å². The van der Waals surface area contributed by atoms with Crippen LogP contribution in [0, 0.1) is 5.92 Å². The number of aromatic nitrogens is 1. The molecule has 0 radical (unpaired) electrons. The Hall–Kier alpha value is -2.07. The van der Waals surface area contributed by atoms with Crippen LogP contribution in [0.3, 0.4) is 0 Å². The molecule has 2 heterocycles. The van der Waals surface area contributed by atoms with E-state index < -0.39 is 0 Å². The first-order chi connectivity index (χ1) is 12.7. The second-order valence-electron chi connectivity index (χ2n) is 7.51. The van der Waals surface area contributed by atoms with Gasteiger partial charge < -0.3 is 14.8 Å². The second-order valence-corrected chi connectivity index (χ2v) is 7.51. The van der Waals surface area contributed by atoms with E-state index in [9.17, 15) is 4.79 Å². The van der Waals surface area contributed by atoms with Gasteiger partial charge in [-0.1, -0.05) is 19.1 Å². The minimum absolute atomic E-state index is 0.116. The van der Waals surface area contributed by atoms with Crippen molar-refractivity contribution in [3.63, 3.8) is 0 Å². The van der Waals surface area contributed by atoms with E-state index in [1.54, 1.807) is 0 Å². The molecular weight excluding hydrogens is 322 g/mol. The molecule has 1 amide bonds. The minimum Gasteiger partial charge on any atom is -0.356 e. The molecule has 0 atom stereocenters. The number of nitrogens with zero attached hydrogens (tertiary/aromatic N) is 2. The van der Waals surface area contributed by atoms with E-state index in [1.807, 2.05) is 36.7 Å². The third kappa shape index (κ3) is 5.73. The molecule has 1 aromatic carbocycles. The van der Waals surface area contributed by atoms with E-state index in [-0.39, 0.29) is 5.91 Å². The lowest BCUT2D eigenvalue weighted by Crippen LogP contribution is -2.34. The summed E-state index contributed by atoms with van der Waals surface area (Å²) in [6.45, 7) is 6.79. The highest BCUT2D eigenvalue weighted by molar-refractivity contribution is 5.78. The zero-order chi connectivity index (χ0) is 18.2. The molecule has 1 aliphatic rings. The van der Waals surface area contributed by atoms with Gasteiger partial charge in [-0.25, -0.2) is 0 Å². The van der Waals surface area contributed by atoms with Gasteiger partial charge in [0.15, 0.2) is 0 Å². The zero-order valence-corrected chi connectivity index (χ0v) is 15.9. The third-order valence-corrected chi connectivity index (χ3v) is 5.30. The van der Waals surface area contributed by atoms with Crippen LogP contribution in [-0.2, 0) is 11.2 Å². The van der Waals surface area contributed by atoms with Gasteiger partial charge in [0.05, 0.1) is 6.42 Å². The lowest BCUT2D eigenvalue weighted by atomic mass is 9.99. The van der Waals surface area contributed by atoms with Crippen LogP contribution < -0.4 is 5.32 Å². The van der Waals surface area contributed by atoms with Gasteiger partial charge in [0, 0.05) is 24.6 Å². The van der Waals surface area contributed by atoms with Crippen LogP contribution in [0.25, 0.3) is 5.69 Å². The Morgan fingerprint density at radius 3 is 2.46 bits per heavy atom. The fourth-order valence-electron chi connectivity index (χ4n) is 3.51. The molecule has 0 bridgehead atoms. The molecule has 2 aromatic rings. The maximum Gasteiger partial charge on any atom is 0.224 e. The van der Waals surface area contributed by atoms with Crippen LogP contribution in [0.15, 0.2) is 48.8 Å². The first kappa shape index (κ1) is 18.7. The summed E-state index contributed by atoms with van der Waals surface area (Å²) >= 11 is 0. The van der Waals surface area contributed by atoms with Crippen molar-refractivity contribution in [1.82, 2.24) is 14.8 Å². The van der Waals surface area contributed by atoms with E-state index in [1.165, 1.54) is 38.9 Å². The Bertz CT molecular complexity index is 655. The number of hydrogen-bond acceptors (Lipinski definition) is 2. The number of carbonyl (C=O) groups excluding carboxylic acids is 1. The quantitative estimate of drug-likeness (QED) is 0.736. The van der Waals surface area contributed by atoms with E-state index >= 15 is 0 Å². The van der Waals surface area contributed by atoms with Crippen molar-refractivity contribution < 1.29 is 4.79 Å². The average molecular weight is 354 g/mol. The summed E-state index contributed by atoms with van der Waals surface area (Å²) in [4.78, 5) is 14.7. The molecule has 1 fully saturated rings. The largest absolute Gasteiger partial charge is 0.356 e. The molecule has 1 aliphatic heterocycles. The summed E-state index contributed by atoms with van der Waals surface area (Å²) in [6.07, 6.45) is 9.39. The SMILES string of the molecule is CC1CCN(CCCCNC(=O)Cc2ccc(-n3cccc3)cc2)CC1. The summed E-state index contributed by atoms with van der Waals surface area (Å²) in [7, 11) is 0. The highest BCUT2D eigenvalue weighted by atomic mass is 16.1.